The number of hydrogen-bond donors (Lipinski definition) is 3. The summed E-state index contributed by atoms with van der Waals surface area (Å²) < 4.78 is 18.4. The Kier molecular flexibility index (Phi) is 12.9. The number of hydrazine groups is 1. The molecule has 12 nitrogen and oxygen atoms in total. The Balaban J connectivity index is 0.000000769. The molecule has 0 spiro atoms. The third-order valence-electron chi connectivity index (χ3n) is 10.9. The number of rotatable bonds is 15. The number of hydrogen-bond acceptors (Lipinski definition) is 9. The van der Waals surface area contributed by atoms with Gasteiger partial charge in [0.15, 0.2) is 0 Å². The lowest BCUT2D eigenvalue weighted by Gasteiger charge is -2.30. The minimum atomic E-state index is -0.785. The van der Waals surface area contributed by atoms with Gasteiger partial charge in [0.25, 0.3) is 12.4 Å². The highest BCUT2D eigenvalue weighted by atomic mass is 16.5. The van der Waals surface area contributed by atoms with E-state index < -0.39 is 6.04 Å². The molecule has 12 heteroatoms. The number of phenols is 1. The summed E-state index contributed by atoms with van der Waals surface area (Å²) in [6.45, 7) is 13.1. The summed E-state index contributed by atoms with van der Waals surface area (Å²) in [5.74, 6) is 1.83. The van der Waals surface area contributed by atoms with E-state index in [-0.39, 0.29) is 36.2 Å². The fourth-order valence-electron chi connectivity index (χ4n) is 7.91. The van der Waals surface area contributed by atoms with E-state index in [4.69, 9.17) is 19.2 Å². The Hall–Kier alpha value is -4.78. The van der Waals surface area contributed by atoms with Gasteiger partial charge in [-0.2, -0.15) is 0 Å². The van der Waals surface area contributed by atoms with Gasteiger partial charge >= 0.3 is 0 Å². The zero-order valence-electron chi connectivity index (χ0n) is 32.7. The fraction of sp³-hybridized carbons (Fsp3) is 0.488. The summed E-state index contributed by atoms with van der Waals surface area (Å²) in [5.41, 5.74) is 10.1. The summed E-state index contributed by atoms with van der Waals surface area (Å²) in [7, 11) is 1.67. The predicted octanol–water partition coefficient (Wildman–Crippen LogP) is 5.98. The first-order valence-electron chi connectivity index (χ1n) is 19.4. The smallest absolute Gasteiger partial charge is 0.293 e. The molecule has 55 heavy (non-hydrogen) atoms. The van der Waals surface area contributed by atoms with Crippen LogP contribution in [0, 0.1) is 17.3 Å². The summed E-state index contributed by atoms with van der Waals surface area (Å²) in [6.07, 6.45) is 6.24. The lowest BCUT2D eigenvalue weighted by molar-refractivity contribution is -0.139. The number of amides is 2. The molecule has 1 saturated carbocycles. The molecule has 2 aliphatic heterocycles. The number of methoxy groups -OCH3 is 1. The van der Waals surface area contributed by atoms with E-state index in [0.717, 1.165) is 82.4 Å². The van der Waals surface area contributed by atoms with Gasteiger partial charge in [0.05, 0.1) is 24.1 Å². The number of pyridine rings is 1. The van der Waals surface area contributed by atoms with Crippen LogP contribution in [0.5, 0.6) is 5.75 Å². The summed E-state index contributed by atoms with van der Waals surface area (Å²) >= 11 is 0. The highest BCUT2D eigenvalue weighted by Gasteiger charge is 2.41. The van der Waals surface area contributed by atoms with E-state index in [1.807, 2.05) is 25.1 Å². The van der Waals surface area contributed by atoms with E-state index in [9.17, 15) is 19.5 Å². The molecule has 2 saturated heterocycles. The summed E-state index contributed by atoms with van der Waals surface area (Å²) in [5, 5.41) is 16.2. The monoisotopic (exact) mass is 753 g/mol. The predicted molar refractivity (Wildman–Crippen MR) is 211 cm³/mol. The third kappa shape index (κ3) is 9.37. The van der Waals surface area contributed by atoms with Gasteiger partial charge in [0.2, 0.25) is 6.41 Å². The number of aryl methyl sites for hydroxylation is 1. The van der Waals surface area contributed by atoms with Crippen LogP contribution < -0.4 is 10.7 Å². The molecule has 2 aromatic carbocycles. The van der Waals surface area contributed by atoms with Crippen molar-refractivity contribution < 1.29 is 33.7 Å². The Morgan fingerprint density at radius 1 is 1.13 bits per heavy atom. The molecular weight excluding hydrogens is 699 g/mol. The normalized spacial score (nSPS) is 18.8. The van der Waals surface area contributed by atoms with Gasteiger partial charge in [-0.3, -0.25) is 24.4 Å². The van der Waals surface area contributed by atoms with Crippen molar-refractivity contribution in [2.75, 3.05) is 40.0 Å². The number of aromatic nitrogens is 2. The van der Waals surface area contributed by atoms with Gasteiger partial charge in [0.1, 0.15) is 11.8 Å². The Labute approximate surface area is 323 Å². The molecule has 4 unspecified atom stereocenters. The molecule has 3 aliphatic rings. The van der Waals surface area contributed by atoms with Crippen molar-refractivity contribution in [3.05, 3.63) is 71.5 Å². The van der Waals surface area contributed by atoms with Gasteiger partial charge in [-0.25, -0.2) is 5.43 Å². The van der Waals surface area contributed by atoms with Gasteiger partial charge in [-0.05, 0) is 110 Å². The molecule has 4 aromatic rings. The summed E-state index contributed by atoms with van der Waals surface area (Å²) in [6, 6.07) is 14.8. The first-order chi connectivity index (χ1) is 26.6. The highest BCUT2D eigenvalue weighted by Crippen LogP contribution is 2.43. The molecule has 7 rings (SSSR count). The zero-order valence-corrected chi connectivity index (χ0v) is 32.7. The van der Waals surface area contributed by atoms with Crippen LogP contribution in [0.2, 0.25) is 0 Å². The number of nitrogens with one attached hydrogen (secondary N) is 2. The molecule has 3 N–H and O–H groups in total. The number of phenolic OH excluding ortho intramolecular Hbond substituents is 1. The number of benzene rings is 2. The average Bonchev–Trinajstić information content (AvgIpc) is 3.67. The van der Waals surface area contributed by atoms with Crippen LogP contribution in [0.25, 0.3) is 33.3 Å². The number of fused-ring (bicyclic) bond motifs is 2. The lowest BCUT2D eigenvalue weighted by Crippen LogP contribution is -2.54. The SMILES string of the molecule is C1OCC2CC12.CCn1c(-c2cccnc2C(C)OC)c(CC(C)(C)COC=O)c2cc(-c3cc(O)cc(CC(NC=O)C(=O)N4CCCCN4)c3)ccc21. The second-order valence-electron chi connectivity index (χ2n) is 15.7. The quantitative estimate of drug-likeness (QED) is 0.125. The number of aromatic hydroxyl groups is 1. The van der Waals surface area contributed by atoms with Crippen molar-refractivity contribution in [3.8, 4) is 28.1 Å². The molecule has 4 heterocycles. The molecule has 0 bridgehead atoms. The number of nitrogens with zero attached hydrogens (tertiary/aromatic N) is 3. The van der Waals surface area contributed by atoms with Crippen LogP contribution >= 0.6 is 0 Å². The third-order valence-corrected chi connectivity index (χ3v) is 10.9. The topological polar surface area (TPSA) is 144 Å². The Bertz CT molecular complexity index is 1960. The fourth-order valence-corrected chi connectivity index (χ4v) is 7.91. The maximum atomic E-state index is 13.3. The highest BCUT2D eigenvalue weighted by molar-refractivity contribution is 5.95. The maximum Gasteiger partial charge on any atom is 0.293 e. The summed E-state index contributed by atoms with van der Waals surface area (Å²) in [4.78, 5) is 40.7. The van der Waals surface area contributed by atoms with Crippen LogP contribution in [0.1, 0.15) is 69.9 Å². The van der Waals surface area contributed by atoms with Crippen LogP contribution in [-0.2, 0) is 48.0 Å². The molecule has 0 radical (unpaired) electrons. The van der Waals surface area contributed by atoms with Gasteiger partial charge in [-0.15, -0.1) is 0 Å². The van der Waals surface area contributed by atoms with Gasteiger partial charge in [0, 0.05) is 74.5 Å². The number of carbonyl (C=O) groups excluding carboxylic acids is 3. The zero-order chi connectivity index (χ0) is 39.1. The van der Waals surface area contributed by atoms with Crippen molar-refractivity contribution in [2.45, 2.75) is 78.5 Å². The van der Waals surface area contributed by atoms with Crippen molar-refractivity contribution in [1.29, 1.82) is 0 Å². The van der Waals surface area contributed by atoms with Gasteiger partial charge in [-0.1, -0.05) is 26.0 Å². The lowest BCUT2D eigenvalue weighted by atomic mass is 9.84. The largest absolute Gasteiger partial charge is 0.508 e. The number of ether oxygens (including phenoxy) is 3. The maximum absolute atomic E-state index is 13.3. The average molecular weight is 754 g/mol. The first kappa shape index (κ1) is 39.9. The van der Waals surface area contributed by atoms with E-state index >= 15 is 0 Å². The van der Waals surface area contributed by atoms with Crippen LogP contribution in [0.15, 0.2) is 54.7 Å². The molecule has 2 aromatic heterocycles. The van der Waals surface area contributed by atoms with E-state index in [1.54, 1.807) is 30.4 Å². The van der Waals surface area contributed by atoms with Gasteiger partial charge < -0.3 is 29.2 Å². The Morgan fingerprint density at radius 2 is 1.93 bits per heavy atom. The minimum absolute atomic E-state index is 0.0636. The Morgan fingerprint density at radius 3 is 2.56 bits per heavy atom. The molecule has 4 atom stereocenters. The van der Waals surface area contributed by atoms with Crippen LogP contribution in [0.4, 0.5) is 0 Å². The van der Waals surface area contributed by atoms with Crippen LogP contribution in [-0.4, -0.2) is 84.5 Å². The molecule has 294 valence electrons. The molecule has 3 fully saturated rings. The molecular formula is C43H55N5O7. The van der Waals surface area contributed by atoms with Crippen molar-refractivity contribution in [2.24, 2.45) is 17.3 Å². The van der Waals surface area contributed by atoms with Crippen molar-refractivity contribution in [1.82, 2.24) is 25.3 Å². The van der Waals surface area contributed by atoms with E-state index in [1.165, 1.54) is 6.42 Å². The van der Waals surface area contributed by atoms with E-state index in [2.05, 4.69) is 54.3 Å². The molecule has 1 aliphatic carbocycles. The van der Waals surface area contributed by atoms with Crippen LogP contribution in [0.3, 0.4) is 0 Å². The number of carbonyl (C=O) groups is 3. The van der Waals surface area contributed by atoms with Crippen molar-refractivity contribution >= 4 is 29.7 Å². The standard InChI is InChI=1S/C38H47N5O6.C5H8O/c1-6-42-34-12-11-27(28-16-26(17-29(46)19-28)18-33(40-23-44)37(47)43-15-8-7-14-41-43)20-31(34)32(21-38(3,4)22-49-24-45)36(42)30-10-9-13-39-35(30)25(2)48-5;1-4-2-6-3-5(1)4/h9-13,16-17,19-20,23-25,33,41,46H,6-8,14-15,18,21-22H2,1-5H3,(H,40,44);4-5H,1-3H2. The molecule has 2 amide bonds. The van der Waals surface area contributed by atoms with Crippen molar-refractivity contribution in [3.63, 3.8) is 0 Å². The second-order valence-corrected chi connectivity index (χ2v) is 15.7. The van der Waals surface area contributed by atoms with E-state index in [0.29, 0.717) is 44.5 Å². The first-order valence-corrected chi connectivity index (χ1v) is 19.4. The second kappa shape index (κ2) is 17.8. The minimum Gasteiger partial charge on any atom is -0.508 e.